The SMILES string of the molecule is O=C(Nc1ccccc1N1CCNCC1)c1ccn2ncc(-c3ccc(CCc4ccc(C(F)(F)F)cc4)cc3)c2n1. The van der Waals surface area contributed by atoms with Gasteiger partial charge in [-0.25, -0.2) is 9.50 Å². The summed E-state index contributed by atoms with van der Waals surface area (Å²) >= 11 is 0. The van der Waals surface area contributed by atoms with Crippen molar-refractivity contribution in [2.45, 2.75) is 19.0 Å². The highest BCUT2D eigenvalue weighted by Gasteiger charge is 2.29. The molecule has 3 aromatic carbocycles. The Hall–Kier alpha value is -4.70. The van der Waals surface area contributed by atoms with Gasteiger partial charge in [0.25, 0.3) is 5.91 Å². The predicted molar refractivity (Wildman–Crippen MR) is 157 cm³/mol. The van der Waals surface area contributed by atoms with Crippen LogP contribution in [-0.2, 0) is 19.0 Å². The highest BCUT2D eigenvalue weighted by atomic mass is 19.4. The molecule has 0 radical (unpaired) electrons. The topological polar surface area (TPSA) is 74.6 Å². The molecule has 1 amide bonds. The normalized spacial score (nSPS) is 13.8. The van der Waals surface area contributed by atoms with Crippen molar-refractivity contribution in [2.75, 3.05) is 36.4 Å². The van der Waals surface area contributed by atoms with Crippen molar-refractivity contribution in [3.8, 4) is 11.1 Å². The van der Waals surface area contributed by atoms with Crippen molar-refractivity contribution in [3.05, 3.63) is 114 Å². The van der Waals surface area contributed by atoms with Crippen molar-refractivity contribution in [2.24, 2.45) is 0 Å². The molecular formula is C32H29F3N6O. The van der Waals surface area contributed by atoms with Gasteiger partial charge in [0.15, 0.2) is 5.65 Å². The van der Waals surface area contributed by atoms with E-state index >= 15 is 0 Å². The third-order valence-electron chi connectivity index (χ3n) is 7.46. The first-order valence-electron chi connectivity index (χ1n) is 13.8. The number of piperazine rings is 1. The number of nitrogens with one attached hydrogen (secondary N) is 2. The Morgan fingerprint density at radius 2 is 1.55 bits per heavy atom. The molecule has 42 heavy (non-hydrogen) atoms. The molecule has 1 saturated heterocycles. The van der Waals surface area contributed by atoms with Gasteiger partial charge in [0.2, 0.25) is 0 Å². The van der Waals surface area contributed by atoms with Crippen LogP contribution in [0, 0.1) is 0 Å². The summed E-state index contributed by atoms with van der Waals surface area (Å²) in [5.41, 5.74) is 5.54. The maximum atomic E-state index is 13.3. The number of anilines is 2. The van der Waals surface area contributed by atoms with Gasteiger partial charge >= 0.3 is 6.18 Å². The minimum Gasteiger partial charge on any atom is -0.367 e. The first-order chi connectivity index (χ1) is 20.3. The Balaban J connectivity index is 1.16. The number of aryl methyl sites for hydroxylation is 2. The molecule has 1 aliphatic rings. The first kappa shape index (κ1) is 27.5. The molecule has 0 saturated carbocycles. The number of fused-ring (bicyclic) bond motifs is 1. The maximum absolute atomic E-state index is 13.3. The Labute approximate surface area is 241 Å². The van der Waals surface area contributed by atoms with Crippen LogP contribution in [0.25, 0.3) is 16.8 Å². The van der Waals surface area contributed by atoms with Crippen molar-refractivity contribution in [1.29, 1.82) is 0 Å². The van der Waals surface area contributed by atoms with E-state index in [-0.39, 0.29) is 11.6 Å². The fourth-order valence-electron chi connectivity index (χ4n) is 5.15. The predicted octanol–water partition coefficient (Wildman–Crippen LogP) is 5.86. The van der Waals surface area contributed by atoms with Crippen LogP contribution in [0.1, 0.15) is 27.2 Å². The number of para-hydroxylation sites is 2. The van der Waals surface area contributed by atoms with Gasteiger partial charge in [-0.05, 0) is 59.9 Å². The molecule has 0 bridgehead atoms. The molecule has 214 valence electrons. The molecule has 2 aromatic heterocycles. The molecule has 7 nitrogen and oxygen atoms in total. The van der Waals surface area contributed by atoms with E-state index in [9.17, 15) is 18.0 Å². The maximum Gasteiger partial charge on any atom is 0.416 e. The molecule has 0 unspecified atom stereocenters. The standard InChI is InChI=1S/C32H29F3N6O/c33-32(34,35)25-13-9-23(10-14-25)6-5-22-7-11-24(12-8-22)26-21-37-41-18-15-28(38-30(26)41)31(42)39-27-3-1-2-4-29(27)40-19-16-36-17-20-40/h1-4,7-15,18,21,36H,5-6,16-17,19-20H2,(H,39,42). The number of nitrogens with zero attached hydrogens (tertiary/aromatic N) is 4. The summed E-state index contributed by atoms with van der Waals surface area (Å²) in [6.07, 6.45) is 0.439. The number of aromatic nitrogens is 3. The molecule has 1 aliphatic heterocycles. The second-order valence-corrected chi connectivity index (χ2v) is 10.2. The number of alkyl halides is 3. The Kier molecular flexibility index (Phi) is 7.62. The zero-order chi connectivity index (χ0) is 29.1. The van der Waals surface area contributed by atoms with Gasteiger partial charge in [0, 0.05) is 37.9 Å². The molecule has 2 N–H and O–H groups in total. The van der Waals surface area contributed by atoms with Crippen LogP contribution >= 0.6 is 0 Å². The van der Waals surface area contributed by atoms with Crippen molar-refractivity contribution < 1.29 is 18.0 Å². The Morgan fingerprint density at radius 1 is 0.881 bits per heavy atom. The molecule has 3 heterocycles. The summed E-state index contributed by atoms with van der Waals surface area (Å²) in [7, 11) is 0. The fraction of sp³-hybridized carbons (Fsp3) is 0.219. The molecule has 0 spiro atoms. The van der Waals surface area contributed by atoms with Crippen LogP contribution < -0.4 is 15.5 Å². The van der Waals surface area contributed by atoms with Gasteiger partial charge in [0.05, 0.1) is 23.1 Å². The fourth-order valence-corrected chi connectivity index (χ4v) is 5.15. The number of benzene rings is 3. The van der Waals surface area contributed by atoms with Crippen LogP contribution in [-0.4, -0.2) is 46.7 Å². The third-order valence-corrected chi connectivity index (χ3v) is 7.46. The summed E-state index contributed by atoms with van der Waals surface area (Å²) < 4.78 is 40.1. The van der Waals surface area contributed by atoms with Gasteiger partial charge in [-0.1, -0.05) is 48.5 Å². The van der Waals surface area contributed by atoms with E-state index in [0.29, 0.717) is 18.5 Å². The van der Waals surface area contributed by atoms with E-state index in [2.05, 4.69) is 25.6 Å². The number of rotatable bonds is 7. The number of amides is 1. The monoisotopic (exact) mass is 570 g/mol. The van der Waals surface area contributed by atoms with Gasteiger partial charge in [-0.3, -0.25) is 4.79 Å². The van der Waals surface area contributed by atoms with E-state index in [4.69, 9.17) is 0 Å². The lowest BCUT2D eigenvalue weighted by molar-refractivity contribution is -0.137. The van der Waals surface area contributed by atoms with Crippen LogP contribution in [0.5, 0.6) is 0 Å². The lowest BCUT2D eigenvalue weighted by Gasteiger charge is -2.31. The number of hydrogen-bond acceptors (Lipinski definition) is 5. The molecule has 0 atom stereocenters. The average molecular weight is 571 g/mol. The van der Waals surface area contributed by atoms with Crippen LogP contribution in [0.2, 0.25) is 0 Å². The number of carbonyl (C=O) groups excluding carboxylic acids is 1. The summed E-state index contributed by atoms with van der Waals surface area (Å²) in [5, 5.41) is 10.8. The van der Waals surface area contributed by atoms with Gasteiger partial charge < -0.3 is 15.5 Å². The highest BCUT2D eigenvalue weighted by molar-refractivity contribution is 6.05. The summed E-state index contributed by atoms with van der Waals surface area (Å²) in [6, 6.07) is 22.7. The average Bonchev–Trinajstić information content (AvgIpc) is 3.44. The number of hydrogen-bond donors (Lipinski definition) is 2. The molecule has 0 aliphatic carbocycles. The second kappa shape index (κ2) is 11.7. The van der Waals surface area contributed by atoms with Gasteiger partial charge in [0.1, 0.15) is 5.69 Å². The smallest absolute Gasteiger partial charge is 0.367 e. The summed E-state index contributed by atoms with van der Waals surface area (Å²) in [4.78, 5) is 20.2. The highest BCUT2D eigenvalue weighted by Crippen LogP contribution is 2.30. The summed E-state index contributed by atoms with van der Waals surface area (Å²) in [6.45, 7) is 3.52. The summed E-state index contributed by atoms with van der Waals surface area (Å²) in [5.74, 6) is -0.300. The molecule has 6 rings (SSSR count). The van der Waals surface area contributed by atoms with Crippen LogP contribution in [0.4, 0.5) is 24.5 Å². The first-order valence-corrected chi connectivity index (χ1v) is 13.8. The number of carbonyl (C=O) groups is 1. The lowest BCUT2D eigenvalue weighted by Crippen LogP contribution is -2.43. The largest absolute Gasteiger partial charge is 0.416 e. The van der Waals surface area contributed by atoms with E-state index < -0.39 is 11.7 Å². The quantitative estimate of drug-likeness (QED) is 0.256. The van der Waals surface area contributed by atoms with E-state index in [1.165, 1.54) is 12.1 Å². The van der Waals surface area contributed by atoms with E-state index in [0.717, 1.165) is 71.9 Å². The molecular weight excluding hydrogens is 541 g/mol. The number of halogens is 3. The van der Waals surface area contributed by atoms with Crippen molar-refractivity contribution in [1.82, 2.24) is 19.9 Å². The Morgan fingerprint density at radius 3 is 2.24 bits per heavy atom. The molecule has 1 fully saturated rings. The van der Waals surface area contributed by atoms with Crippen molar-refractivity contribution >= 4 is 22.9 Å². The lowest BCUT2D eigenvalue weighted by atomic mass is 10.0. The molecule has 10 heteroatoms. The minimum atomic E-state index is -4.33. The Bertz CT molecular complexity index is 1690. The van der Waals surface area contributed by atoms with Crippen LogP contribution in [0.15, 0.2) is 91.3 Å². The van der Waals surface area contributed by atoms with Crippen LogP contribution in [0.3, 0.4) is 0 Å². The zero-order valence-electron chi connectivity index (χ0n) is 22.7. The second-order valence-electron chi connectivity index (χ2n) is 10.2. The van der Waals surface area contributed by atoms with E-state index in [1.807, 2.05) is 48.5 Å². The van der Waals surface area contributed by atoms with Gasteiger partial charge in [-0.2, -0.15) is 18.3 Å². The van der Waals surface area contributed by atoms with E-state index in [1.54, 1.807) is 23.0 Å². The zero-order valence-corrected chi connectivity index (χ0v) is 22.7. The van der Waals surface area contributed by atoms with Crippen molar-refractivity contribution in [3.63, 3.8) is 0 Å². The molecule has 5 aromatic rings. The minimum absolute atomic E-state index is 0.285. The third kappa shape index (κ3) is 5.99. The van der Waals surface area contributed by atoms with Gasteiger partial charge in [-0.15, -0.1) is 0 Å².